The Labute approximate surface area is 136 Å². The average molecular weight is 316 g/mol. The molecule has 1 unspecified atom stereocenters. The molecule has 3 fully saturated rings. The first kappa shape index (κ1) is 14.8. The number of nitrogens with zero attached hydrogens (tertiary/aromatic N) is 1. The van der Waals surface area contributed by atoms with E-state index in [9.17, 15) is 9.59 Å². The first-order chi connectivity index (χ1) is 11.2. The van der Waals surface area contributed by atoms with Crippen molar-refractivity contribution in [1.82, 2.24) is 10.2 Å². The largest absolute Gasteiger partial charge is 0.472 e. The number of amides is 2. The van der Waals surface area contributed by atoms with Crippen molar-refractivity contribution < 1.29 is 14.0 Å². The van der Waals surface area contributed by atoms with Crippen LogP contribution in [-0.4, -0.2) is 35.8 Å². The molecule has 3 atom stereocenters. The number of carbonyl (C=O) groups excluding carboxylic acids is 2. The van der Waals surface area contributed by atoms with E-state index in [4.69, 9.17) is 4.42 Å². The van der Waals surface area contributed by atoms with E-state index in [0.29, 0.717) is 29.2 Å². The van der Waals surface area contributed by atoms with Crippen LogP contribution in [0.3, 0.4) is 0 Å². The average Bonchev–Trinajstić information content (AvgIpc) is 3.03. The summed E-state index contributed by atoms with van der Waals surface area (Å²) in [6.45, 7) is 1.54. The van der Waals surface area contributed by atoms with Gasteiger partial charge >= 0.3 is 0 Å². The molecule has 124 valence electrons. The van der Waals surface area contributed by atoms with E-state index >= 15 is 0 Å². The van der Waals surface area contributed by atoms with Gasteiger partial charge in [-0.25, -0.2) is 0 Å². The lowest BCUT2D eigenvalue weighted by molar-refractivity contribution is -0.134. The van der Waals surface area contributed by atoms with Gasteiger partial charge in [0, 0.05) is 25.0 Å². The second-order valence-corrected chi connectivity index (χ2v) is 7.22. The molecule has 0 spiro atoms. The smallest absolute Gasteiger partial charge is 0.254 e. The molecule has 1 aromatic rings. The van der Waals surface area contributed by atoms with Gasteiger partial charge in [0.1, 0.15) is 6.26 Å². The summed E-state index contributed by atoms with van der Waals surface area (Å²) < 4.78 is 4.94. The minimum absolute atomic E-state index is 0.0864. The topological polar surface area (TPSA) is 62.6 Å². The summed E-state index contributed by atoms with van der Waals surface area (Å²) in [5, 5.41) is 3.04. The van der Waals surface area contributed by atoms with Crippen molar-refractivity contribution in [2.45, 2.75) is 44.6 Å². The standard InChI is InChI=1S/C18H24N2O3/c21-17(12-7-10-23-11-12)19-13-5-8-20(9-6-13)18(22)16-14-3-1-2-4-15(14)16/h7,10-11,13-16H,1-6,8-9H2,(H,19,21)/t14-,15+,16?. The Morgan fingerprint density at radius 3 is 2.39 bits per heavy atom. The summed E-state index contributed by atoms with van der Waals surface area (Å²) in [4.78, 5) is 26.7. The van der Waals surface area contributed by atoms with E-state index in [1.165, 1.54) is 38.2 Å². The number of carbonyl (C=O) groups is 2. The summed E-state index contributed by atoms with van der Waals surface area (Å²) in [5.74, 6) is 1.96. The molecule has 2 amide bonds. The molecule has 2 aliphatic carbocycles. The molecular formula is C18H24N2O3. The van der Waals surface area contributed by atoms with Gasteiger partial charge in [0.2, 0.25) is 5.91 Å². The summed E-state index contributed by atoms with van der Waals surface area (Å²) in [6, 6.07) is 1.82. The Morgan fingerprint density at radius 2 is 1.78 bits per heavy atom. The fourth-order valence-corrected chi connectivity index (χ4v) is 4.48. The molecule has 0 bridgehead atoms. The Bertz CT molecular complexity index is 563. The highest BCUT2D eigenvalue weighted by Gasteiger charge is 2.55. The lowest BCUT2D eigenvalue weighted by atomic mass is 10.0. The van der Waals surface area contributed by atoms with Crippen molar-refractivity contribution in [3.05, 3.63) is 24.2 Å². The lowest BCUT2D eigenvalue weighted by Crippen LogP contribution is -2.47. The van der Waals surface area contributed by atoms with Crippen LogP contribution in [0, 0.1) is 17.8 Å². The van der Waals surface area contributed by atoms with Crippen LogP contribution in [0.5, 0.6) is 0 Å². The Balaban J connectivity index is 1.26. The van der Waals surface area contributed by atoms with Crippen molar-refractivity contribution in [2.24, 2.45) is 17.8 Å². The Kier molecular flexibility index (Phi) is 3.87. The molecule has 1 N–H and O–H groups in total. The molecule has 1 saturated heterocycles. The maximum absolute atomic E-state index is 12.7. The number of likely N-dealkylation sites (tertiary alicyclic amines) is 1. The predicted molar refractivity (Wildman–Crippen MR) is 84.7 cm³/mol. The number of hydrogen-bond donors (Lipinski definition) is 1. The number of piperidine rings is 1. The molecule has 23 heavy (non-hydrogen) atoms. The van der Waals surface area contributed by atoms with Gasteiger partial charge in [0.05, 0.1) is 11.8 Å². The maximum Gasteiger partial charge on any atom is 0.254 e. The van der Waals surface area contributed by atoms with Crippen LogP contribution in [0.2, 0.25) is 0 Å². The molecule has 5 heteroatoms. The van der Waals surface area contributed by atoms with Gasteiger partial charge in [-0.2, -0.15) is 0 Å². The van der Waals surface area contributed by atoms with E-state index in [0.717, 1.165) is 25.9 Å². The van der Waals surface area contributed by atoms with Gasteiger partial charge in [0.15, 0.2) is 0 Å². The van der Waals surface area contributed by atoms with Gasteiger partial charge in [-0.1, -0.05) is 12.8 Å². The monoisotopic (exact) mass is 316 g/mol. The van der Waals surface area contributed by atoms with Crippen molar-refractivity contribution in [1.29, 1.82) is 0 Å². The Morgan fingerprint density at radius 1 is 1.09 bits per heavy atom. The fourth-order valence-electron chi connectivity index (χ4n) is 4.48. The van der Waals surface area contributed by atoms with Gasteiger partial charge in [-0.3, -0.25) is 9.59 Å². The normalized spacial score (nSPS) is 30.6. The Hall–Kier alpha value is -1.78. The zero-order chi connectivity index (χ0) is 15.8. The third kappa shape index (κ3) is 2.89. The molecular weight excluding hydrogens is 292 g/mol. The summed E-state index contributed by atoms with van der Waals surface area (Å²) in [5.41, 5.74) is 0.561. The van der Waals surface area contributed by atoms with Crippen LogP contribution < -0.4 is 5.32 Å². The molecule has 0 aromatic carbocycles. The zero-order valence-corrected chi connectivity index (χ0v) is 13.4. The van der Waals surface area contributed by atoms with Gasteiger partial charge < -0.3 is 14.6 Å². The van der Waals surface area contributed by atoms with Crippen molar-refractivity contribution in [3.63, 3.8) is 0 Å². The van der Waals surface area contributed by atoms with Gasteiger partial charge in [-0.05, 0) is 43.6 Å². The van der Waals surface area contributed by atoms with E-state index in [1.807, 2.05) is 4.90 Å². The molecule has 4 rings (SSSR count). The third-order valence-electron chi connectivity index (χ3n) is 5.87. The van der Waals surface area contributed by atoms with Crippen molar-refractivity contribution in [3.8, 4) is 0 Å². The molecule has 1 aliphatic heterocycles. The highest BCUT2D eigenvalue weighted by Crippen LogP contribution is 2.56. The van der Waals surface area contributed by atoms with E-state index in [1.54, 1.807) is 6.07 Å². The van der Waals surface area contributed by atoms with Crippen LogP contribution in [-0.2, 0) is 4.79 Å². The molecule has 3 aliphatic rings. The van der Waals surface area contributed by atoms with Crippen molar-refractivity contribution >= 4 is 11.8 Å². The fraction of sp³-hybridized carbons (Fsp3) is 0.667. The van der Waals surface area contributed by atoms with Crippen LogP contribution in [0.15, 0.2) is 23.0 Å². The highest BCUT2D eigenvalue weighted by atomic mass is 16.3. The predicted octanol–water partition coefficient (Wildman–Crippen LogP) is 2.44. The number of rotatable bonds is 3. The second-order valence-electron chi connectivity index (χ2n) is 7.22. The molecule has 0 radical (unpaired) electrons. The van der Waals surface area contributed by atoms with Gasteiger partial charge in [0.25, 0.3) is 5.91 Å². The van der Waals surface area contributed by atoms with E-state index in [-0.39, 0.29) is 11.9 Å². The lowest BCUT2D eigenvalue weighted by Gasteiger charge is -2.32. The number of furan rings is 1. The zero-order valence-electron chi connectivity index (χ0n) is 13.4. The van der Waals surface area contributed by atoms with E-state index in [2.05, 4.69) is 5.32 Å². The quantitative estimate of drug-likeness (QED) is 0.931. The minimum Gasteiger partial charge on any atom is -0.472 e. The van der Waals surface area contributed by atoms with Gasteiger partial charge in [-0.15, -0.1) is 0 Å². The number of nitrogens with one attached hydrogen (secondary N) is 1. The van der Waals surface area contributed by atoms with Crippen LogP contribution in [0.1, 0.15) is 48.9 Å². The molecule has 5 nitrogen and oxygen atoms in total. The maximum atomic E-state index is 12.7. The van der Waals surface area contributed by atoms with E-state index < -0.39 is 0 Å². The third-order valence-corrected chi connectivity index (χ3v) is 5.87. The summed E-state index contributed by atoms with van der Waals surface area (Å²) >= 11 is 0. The number of fused-ring (bicyclic) bond motifs is 1. The number of hydrogen-bond acceptors (Lipinski definition) is 3. The first-order valence-electron chi connectivity index (χ1n) is 8.86. The SMILES string of the molecule is O=C(NC1CCN(C(=O)C2[C@H]3CCCC[C@@H]23)CC1)c1ccoc1. The first-order valence-corrected chi connectivity index (χ1v) is 8.86. The van der Waals surface area contributed by atoms with Crippen LogP contribution in [0.25, 0.3) is 0 Å². The highest BCUT2D eigenvalue weighted by molar-refractivity contribution is 5.94. The van der Waals surface area contributed by atoms with Crippen LogP contribution >= 0.6 is 0 Å². The molecule has 2 saturated carbocycles. The molecule has 1 aromatic heterocycles. The molecule has 2 heterocycles. The van der Waals surface area contributed by atoms with Crippen molar-refractivity contribution in [2.75, 3.05) is 13.1 Å². The summed E-state index contributed by atoms with van der Waals surface area (Å²) in [6.07, 6.45) is 9.75. The second kappa shape index (κ2) is 6.02. The summed E-state index contributed by atoms with van der Waals surface area (Å²) in [7, 11) is 0. The van der Waals surface area contributed by atoms with Crippen LogP contribution in [0.4, 0.5) is 0 Å². The minimum atomic E-state index is -0.0864.